The van der Waals surface area contributed by atoms with Gasteiger partial charge in [0.1, 0.15) is 0 Å². The predicted molar refractivity (Wildman–Crippen MR) is 44.4 cm³/mol. The van der Waals surface area contributed by atoms with E-state index in [0.717, 1.165) is 0 Å². The zero-order valence-electron chi connectivity index (χ0n) is 7.91. The Kier molecular flexibility index (Phi) is 2.43. The number of carboxylic acid groups (broad SMARTS) is 1. The Morgan fingerprint density at radius 3 is 2.43 bits per heavy atom. The zero-order valence-corrected chi connectivity index (χ0v) is 7.91. The molecule has 0 amide bonds. The van der Waals surface area contributed by atoms with E-state index < -0.39 is 35.0 Å². The number of carbonyl (C=O) groups excluding carboxylic acids is 2. The van der Waals surface area contributed by atoms with Crippen molar-refractivity contribution in [1.82, 2.24) is 0 Å². The van der Waals surface area contributed by atoms with Crippen molar-refractivity contribution in [2.45, 2.75) is 26.4 Å². The Morgan fingerprint density at radius 2 is 2.00 bits per heavy atom. The van der Waals surface area contributed by atoms with Gasteiger partial charge < -0.3 is 5.11 Å². The molecular formula is C9H11FO4. The van der Waals surface area contributed by atoms with Gasteiger partial charge in [-0.3, -0.25) is 14.4 Å². The van der Waals surface area contributed by atoms with E-state index in [1.807, 2.05) is 0 Å². The van der Waals surface area contributed by atoms with Gasteiger partial charge in [-0.2, -0.15) is 0 Å². The number of carboxylic acids is 1. The van der Waals surface area contributed by atoms with Crippen LogP contribution in [0, 0.1) is 11.3 Å². The van der Waals surface area contributed by atoms with Crippen LogP contribution in [-0.4, -0.2) is 28.8 Å². The minimum atomic E-state index is -1.87. The van der Waals surface area contributed by atoms with Gasteiger partial charge in [-0.15, -0.1) is 0 Å². The molecule has 1 N–H and O–H groups in total. The highest BCUT2D eigenvalue weighted by Crippen LogP contribution is 2.36. The molecule has 2 unspecified atom stereocenters. The molecule has 1 rings (SSSR count). The van der Waals surface area contributed by atoms with Crippen molar-refractivity contribution in [3.05, 3.63) is 0 Å². The third-order valence-corrected chi connectivity index (χ3v) is 2.42. The normalized spacial score (nSPS) is 31.6. The molecule has 0 aromatic carbocycles. The zero-order chi connectivity index (χ0) is 11.1. The summed E-state index contributed by atoms with van der Waals surface area (Å²) in [5, 5.41) is 8.56. The van der Waals surface area contributed by atoms with Gasteiger partial charge in [0.05, 0.1) is 0 Å². The summed E-state index contributed by atoms with van der Waals surface area (Å²) in [5.41, 5.74) is -1.08. The van der Waals surface area contributed by atoms with E-state index in [1.165, 1.54) is 13.8 Å². The molecule has 0 saturated heterocycles. The van der Waals surface area contributed by atoms with Gasteiger partial charge in [0, 0.05) is 11.8 Å². The first-order valence-corrected chi connectivity index (χ1v) is 4.20. The standard InChI is InChI=1S/C9H11FO4/c1-9(2)3-4(11)5(8(13)14)6(12)7(9)10/h5,7H,3H2,1-2H3,(H,13,14). The molecule has 1 fully saturated rings. The van der Waals surface area contributed by atoms with Crippen LogP contribution in [0.25, 0.3) is 0 Å². The first kappa shape index (κ1) is 10.8. The Bertz CT molecular complexity index is 308. The van der Waals surface area contributed by atoms with Crippen LogP contribution in [0.2, 0.25) is 0 Å². The van der Waals surface area contributed by atoms with E-state index in [2.05, 4.69) is 0 Å². The summed E-state index contributed by atoms with van der Waals surface area (Å²) in [7, 11) is 0. The largest absolute Gasteiger partial charge is 0.480 e. The number of halogens is 1. The molecule has 1 aliphatic carbocycles. The molecule has 0 heterocycles. The minimum Gasteiger partial charge on any atom is -0.480 e. The Balaban J connectivity index is 3.03. The summed E-state index contributed by atoms with van der Waals surface area (Å²) in [6.45, 7) is 2.87. The predicted octanol–water partition coefficient (Wildman–Crippen LogP) is 0.593. The number of rotatable bonds is 1. The van der Waals surface area contributed by atoms with Gasteiger partial charge in [0.2, 0.25) is 0 Å². The number of alkyl halides is 1. The number of hydrogen-bond donors (Lipinski definition) is 1. The summed E-state index contributed by atoms with van der Waals surface area (Å²) in [6.07, 6.45) is -2.09. The monoisotopic (exact) mass is 202 g/mol. The fourth-order valence-corrected chi connectivity index (χ4v) is 1.59. The van der Waals surface area contributed by atoms with Crippen molar-refractivity contribution in [1.29, 1.82) is 0 Å². The lowest BCUT2D eigenvalue weighted by Gasteiger charge is -2.33. The highest BCUT2D eigenvalue weighted by molar-refractivity contribution is 6.20. The molecule has 4 nitrogen and oxygen atoms in total. The fraction of sp³-hybridized carbons (Fsp3) is 0.667. The van der Waals surface area contributed by atoms with Crippen molar-refractivity contribution < 1.29 is 23.9 Å². The fourth-order valence-electron chi connectivity index (χ4n) is 1.59. The molecule has 2 atom stereocenters. The number of carbonyl (C=O) groups is 3. The number of ketones is 2. The van der Waals surface area contributed by atoms with Gasteiger partial charge in [-0.1, -0.05) is 13.8 Å². The van der Waals surface area contributed by atoms with E-state index in [4.69, 9.17) is 5.11 Å². The molecule has 0 aromatic rings. The molecule has 0 aliphatic heterocycles. The molecule has 14 heavy (non-hydrogen) atoms. The lowest BCUT2D eigenvalue weighted by atomic mass is 9.70. The van der Waals surface area contributed by atoms with Crippen molar-refractivity contribution in [2.75, 3.05) is 0 Å². The van der Waals surface area contributed by atoms with Crippen LogP contribution >= 0.6 is 0 Å². The maximum Gasteiger partial charge on any atom is 0.321 e. The van der Waals surface area contributed by atoms with E-state index in [1.54, 1.807) is 0 Å². The summed E-state index contributed by atoms with van der Waals surface area (Å²) < 4.78 is 13.4. The smallest absolute Gasteiger partial charge is 0.321 e. The van der Waals surface area contributed by atoms with Crippen LogP contribution in [0.15, 0.2) is 0 Å². The second-order valence-corrected chi connectivity index (χ2v) is 4.17. The van der Waals surface area contributed by atoms with Crippen molar-refractivity contribution in [3.8, 4) is 0 Å². The maximum atomic E-state index is 13.4. The molecule has 5 heteroatoms. The minimum absolute atomic E-state index is 0.211. The number of aliphatic carboxylic acids is 1. The topological polar surface area (TPSA) is 71.4 Å². The summed E-state index contributed by atoms with van der Waals surface area (Å²) in [4.78, 5) is 33.0. The SMILES string of the molecule is CC1(C)CC(=O)C(C(=O)O)C(=O)C1F. The van der Waals surface area contributed by atoms with Crippen LogP contribution in [0.3, 0.4) is 0 Å². The van der Waals surface area contributed by atoms with Crippen LogP contribution < -0.4 is 0 Å². The number of Topliss-reactive ketones (excluding diaryl/α,β-unsaturated/α-hetero) is 2. The molecule has 1 aliphatic rings. The van der Waals surface area contributed by atoms with Gasteiger partial charge in [-0.25, -0.2) is 4.39 Å². The Hall–Kier alpha value is -1.26. The summed E-state index contributed by atoms with van der Waals surface area (Å²) in [6, 6.07) is 0. The van der Waals surface area contributed by atoms with Crippen molar-refractivity contribution in [2.24, 2.45) is 11.3 Å². The van der Waals surface area contributed by atoms with Crippen LogP contribution in [0.4, 0.5) is 4.39 Å². The van der Waals surface area contributed by atoms with E-state index in [0.29, 0.717) is 0 Å². The van der Waals surface area contributed by atoms with Gasteiger partial charge in [-0.05, 0) is 0 Å². The average molecular weight is 202 g/mol. The van der Waals surface area contributed by atoms with Crippen LogP contribution in [0.5, 0.6) is 0 Å². The first-order valence-electron chi connectivity index (χ1n) is 4.20. The Morgan fingerprint density at radius 1 is 1.50 bits per heavy atom. The molecule has 78 valence electrons. The van der Waals surface area contributed by atoms with Gasteiger partial charge in [0.25, 0.3) is 0 Å². The lowest BCUT2D eigenvalue weighted by Crippen LogP contribution is -2.50. The van der Waals surface area contributed by atoms with Gasteiger partial charge >= 0.3 is 5.97 Å². The summed E-state index contributed by atoms with van der Waals surface area (Å²) in [5.74, 6) is -5.20. The molecule has 1 saturated carbocycles. The molecule has 0 aromatic heterocycles. The Labute approximate surface area is 80.1 Å². The second kappa shape index (κ2) is 3.15. The first-order chi connectivity index (χ1) is 6.27. The van der Waals surface area contributed by atoms with E-state index in [-0.39, 0.29) is 6.42 Å². The van der Waals surface area contributed by atoms with Gasteiger partial charge in [0.15, 0.2) is 23.7 Å². The van der Waals surface area contributed by atoms with Crippen LogP contribution in [-0.2, 0) is 14.4 Å². The van der Waals surface area contributed by atoms with Crippen LogP contribution in [0.1, 0.15) is 20.3 Å². The maximum absolute atomic E-state index is 13.4. The highest BCUT2D eigenvalue weighted by atomic mass is 19.1. The number of hydrogen-bond acceptors (Lipinski definition) is 3. The molecule has 0 spiro atoms. The quantitative estimate of drug-likeness (QED) is 0.632. The van der Waals surface area contributed by atoms with Crippen molar-refractivity contribution in [3.63, 3.8) is 0 Å². The molecule has 0 bridgehead atoms. The summed E-state index contributed by atoms with van der Waals surface area (Å²) >= 11 is 0. The van der Waals surface area contributed by atoms with Crippen molar-refractivity contribution >= 4 is 17.5 Å². The third kappa shape index (κ3) is 1.54. The molecule has 0 radical (unpaired) electrons. The molecular weight excluding hydrogens is 191 g/mol. The van der Waals surface area contributed by atoms with E-state index in [9.17, 15) is 18.8 Å². The van der Waals surface area contributed by atoms with E-state index >= 15 is 0 Å². The second-order valence-electron chi connectivity index (χ2n) is 4.17. The lowest BCUT2D eigenvalue weighted by molar-refractivity contribution is -0.158. The third-order valence-electron chi connectivity index (χ3n) is 2.42. The highest BCUT2D eigenvalue weighted by Gasteiger charge is 2.51. The average Bonchev–Trinajstić information content (AvgIpc) is 1.98.